The highest BCUT2D eigenvalue weighted by atomic mass is 19.1. The van der Waals surface area contributed by atoms with Gasteiger partial charge in [-0.3, -0.25) is 9.59 Å². The summed E-state index contributed by atoms with van der Waals surface area (Å²) in [5.41, 5.74) is 4.01. The molecule has 0 spiro atoms. The van der Waals surface area contributed by atoms with Crippen molar-refractivity contribution in [3.63, 3.8) is 0 Å². The van der Waals surface area contributed by atoms with Gasteiger partial charge in [-0.2, -0.15) is 5.10 Å². The smallest absolute Gasteiger partial charge is 0.245 e. The maximum atomic E-state index is 13.1. The third kappa shape index (κ3) is 3.62. The third-order valence-electron chi connectivity index (χ3n) is 4.84. The zero-order valence-corrected chi connectivity index (χ0v) is 15.0. The number of carbonyl (C=O) groups excluding carboxylic acids is 2. The number of anilines is 1. The highest BCUT2D eigenvalue weighted by Gasteiger charge is 2.35. The number of hydrogen-bond acceptors (Lipinski definition) is 3. The molecule has 140 valence electrons. The fourth-order valence-electron chi connectivity index (χ4n) is 3.37. The molecule has 0 saturated carbocycles. The van der Waals surface area contributed by atoms with E-state index in [2.05, 4.69) is 10.5 Å². The third-order valence-corrected chi connectivity index (χ3v) is 4.84. The van der Waals surface area contributed by atoms with Crippen LogP contribution in [0.4, 0.5) is 10.1 Å². The van der Waals surface area contributed by atoms with Gasteiger partial charge >= 0.3 is 0 Å². The molecule has 1 aliphatic rings. The number of rotatable bonds is 4. The van der Waals surface area contributed by atoms with Crippen LogP contribution in [0.1, 0.15) is 12.0 Å². The molecule has 28 heavy (non-hydrogen) atoms. The first-order valence-electron chi connectivity index (χ1n) is 8.98. The fourth-order valence-corrected chi connectivity index (χ4v) is 3.37. The van der Waals surface area contributed by atoms with Crippen molar-refractivity contribution in [1.29, 1.82) is 0 Å². The Labute approximate surface area is 161 Å². The lowest BCUT2D eigenvalue weighted by Gasteiger charge is -2.16. The van der Waals surface area contributed by atoms with Crippen LogP contribution in [0.25, 0.3) is 10.8 Å². The van der Waals surface area contributed by atoms with E-state index < -0.39 is 5.92 Å². The second-order valence-electron chi connectivity index (χ2n) is 6.68. The molecule has 1 atom stereocenters. The molecule has 5 nitrogen and oxygen atoms in total. The first-order chi connectivity index (χ1) is 13.6. The molecule has 0 bridgehead atoms. The van der Waals surface area contributed by atoms with Crippen LogP contribution >= 0.6 is 0 Å². The van der Waals surface area contributed by atoms with Gasteiger partial charge in [-0.25, -0.2) is 9.82 Å². The first-order valence-corrected chi connectivity index (χ1v) is 8.98. The Balaban J connectivity index is 1.42. The highest BCUT2D eigenvalue weighted by Crippen LogP contribution is 2.25. The summed E-state index contributed by atoms with van der Waals surface area (Å²) in [5, 5.41) is 6.20. The summed E-state index contributed by atoms with van der Waals surface area (Å²) in [6, 6.07) is 19.5. The predicted molar refractivity (Wildman–Crippen MR) is 107 cm³/mol. The second-order valence-corrected chi connectivity index (χ2v) is 6.68. The Morgan fingerprint density at radius 1 is 1.07 bits per heavy atom. The van der Waals surface area contributed by atoms with Gasteiger partial charge < -0.3 is 4.90 Å². The largest absolute Gasteiger partial charge is 0.312 e. The lowest BCUT2D eigenvalue weighted by molar-refractivity contribution is -0.126. The van der Waals surface area contributed by atoms with Crippen molar-refractivity contribution in [3.8, 4) is 0 Å². The Morgan fingerprint density at radius 2 is 1.82 bits per heavy atom. The van der Waals surface area contributed by atoms with Gasteiger partial charge in [0.2, 0.25) is 11.8 Å². The number of benzene rings is 3. The van der Waals surface area contributed by atoms with Crippen molar-refractivity contribution in [2.45, 2.75) is 6.42 Å². The van der Waals surface area contributed by atoms with Crippen LogP contribution in [0.15, 0.2) is 71.8 Å². The van der Waals surface area contributed by atoms with E-state index in [0.717, 1.165) is 16.3 Å². The molecule has 0 aromatic heterocycles. The summed E-state index contributed by atoms with van der Waals surface area (Å²) >= 11 is 0. The van der Waals surface area contributed by atoms with Crippen molar-refractivity contribution in [2.24, 2.45) is 11.0 Å². The SMILES string of the molecule is O=C(N/N=C/c1cccc2ccccc12)[C@H]1CC(=O)N(c2ccc(F)cc2)C1. The minimum absolute atomic E-state index is 0.104. The molecule has 0 unspecified atom stereocenters. The Morgan fingerprint density at radius 3 is 2.64 bits per heavy atom. The molecule has 1 heterocycles. The summed E-state index contributed by atoms with van der Waals surface area (Å²) in [6.45, 7) is 0.250. The van der Waals surface area contributed by atoms with Gasteiger partial charge in [0.05, 0.1) is 12.1 Å². The van der Waals surface area contributed by atoms with Crippen LogP contribution in [0.3, 0.4) is 0 Å². The van der Waals surface area contributed by atoms with E-state index in [1.807, 2.05) is 42.5 Å². The van der Waals surface area contributed by atoms with Gasteiger partial charge in [-0.1, -0.05) is 42.5 Å². The van der Waals surface area contributed by atoms with Crippen LogP contribution in [-0.2, 0) is 9.59 Å². The van der Waals surface area contributed by atoms with Crippen molar-refractivity contribution in [2.75, 3.05) is 11.4 Å². The maximum Gasteiger partial charge on any atom is 0.245 e. The van der Waals surface area contributed by atoms with Crippen molar-refractivity contribution < 1.29 is 14.0 Å². The van der Waals surface area contributed by atoms with Crippen LogP contribution in [0.2, 0.25) is 0 Å². The van der Waals surface area contributed by atoms with Gasteiger partial charge in [-0.05, 0) is 35.0 Å². The second kappa shape index (κ2) is 7.60. The molecule has 0 radical (unpaired) electrons. The first kappa shape index (κ1) is 17.9. The van der Waals surface area contributed by atoms with Crippen molar-refractivity contribution in [3.05, 3.63) is 78.1 Å². The lowest BCUT2D eigenvalue weighted by Crippen LogP contribution is -2.30. The van der Waals surface area contributed by atoms with Gasteiger partial charge in [-0.15, -0.1) is 0 Å². The highest BCUT2D eigenvalue weighted by molar-refractivity contribution is 6.01. The van der Waals surface area contributed by atoms with E-state index in [1.54, 1.807) is 6.21 Å². The van der Waals surface area contributed by atoms with Crippen LogP contribution in [0.5, 0.6) is 0 Å². The number of nitrogens with one attached hydrogen (secondary N) is 1. The molecule has 0 aliphatic carbocycles. The van der Waals surface area contributed by atoms with Crippen molar-refractivity contribution in [1.82, 2.24) is 5.43 Å². The molecule has 2 amide bonds. The minimum atomic E-state index is -0.498. The number of nitrogens with zero attached hydrogens (tertiary/aromatic N) is 2. The molecule has 1 saturated heterocycles. The monoisotopic (exact) mass is 375 g/mol. The molecule has 3 aromatic carbocycles. The Bertz CT molecular complexity index is 1060. The quantitative estimate of drug-likeness (QED) is 0.561. The molecular formula is C22H18FN3O2. The van der Waals surface area contributed by atoms with E-state index >= 15 is 0 Å². The molecule has 1 N–H and O–H groups in total. The van der Waals surface area contributed by atoms with E-state index in [-0.39, 0.29) is 30.6 Å². The minimum Gasteiger partial charge on any atom is -0.312 e. The summed E-state index contributed by atoms with van der Waals surface area (Å²) in [5.74, 6) is -1.34. The molecule has 6 heteroatoms. The summed E-state index contributed by atoms with van der Waals surface area (Å²) in [4.78, 5) is 26.1. The standard InChI is InChI=1S/C22H18FN3O2/c23-18-8-10-19(11-9-18)26-14-17(12-21(26)27)22(28)25-24-13-16-6-3-5-15-4-1-2-7-20(15)16/h1-11,13,17H,12,14H2,(H,25,28)/b24-13+/t17-/m0/s1. The van der Waals surface area contributed by atoms with Gasteiger partial charge in [0, 0.05) is 24.2 Å². The normalized spacial score (nSPS) is 16.8. The Kier molecular flexibility index (Phi) is 4.85. The summed E-state index contributed by atoms with van der Waals surface area (Å²) in [7, 11) is 0. The topological polar surface area (TPSA) is 61.8 Å². The zero-order chi connectivity index (χ0) is 19.5. The van der Waals surface area contributed by atoms with E-state index in [1.165, 1.54) is 29.2 Å². The van der Waals surface area contributed by atoms with Gasteiger partial charge in [0.1, 0.15) is 5.82 Å². The average Bonchev–Trinajstić information content (AvgIpc) is 3.10. The van der Waals surface area contributed by atoms with Gasteiger partial charge in [0.25, 0.3) is 0 Å². The van der Waals surface area contributed by atoms with E-state index in [0.29, 0.717) is 5.69 Å². The predicted octanol–water partition coefficient (Wildman–Crippen LogP) is 3.48. The molecule has 3 aromatic rings. The molecular weight excluding hydrogens is 357 g/mol. The van der Waals surface area contributed by atoms with Gasteiger partial charge in [0.15, 0.2) is 0 Å². The molecule has 1 aliphatic heterocycles. The number of fused-ring (bicyclic) bond motifs is 1. The molecule has 4 rings (SSSR count). The van der Waals surface area contributed by atoms with Crippen LogP contribution < -0.4 is 10.3 Å². The van der Waals surface area contributed by atoms with Crippen LogP contribution in [0, 0.1) is 11.7 Å². The number of halogens is 1. The number of carbonyl (C=O) groups is 2. The fraction of sp³-hybridized carbons (Fsp3) is 0.136. The number of hydrogen-bond donors (Lipinski definition) is 1. The van der Waals surface area contributed by atoms with E-state index in [4.69, 9.17) is 0 Å². The molecule has 1 fully saturated rings. The van der Waals surface area contributed by atoms with E-state index in [9.17, 15) is 14.0 Å². The maximum absolute atomic E-state index is 13.1. The average molecular weight is 375 g/mol. The van der Waals surface area contributed by atoms with Crippen LogP contribution in [-0.4, -0.2) is 24.6 Å². The van der Waals surface area contributed by atoms with Crippen molar-refractivity contribution >= 4 is 34.5 Å². The Hall–Kier alpha value is -3.54. The number of amides is 2. The number of hydrazone groups is 1. The summed E-state index contributed by atoms with van der Waals surface area (Å²) < 4.78 is 13.1. The summed E-state index contributed by atoms with van der Waals surface area (Å²) in [6.07, 6.45) is 1.71. The zero-order valence-electron chi connectivity index (χ0n) is 15.0. The lowest BCUT2D eigenvalue weighted by atomic mass is 10.1.